The second-order valence-corrected chi connectivity index (χ2v) is 19.2. The summed E-state index contributed by atoms with van der Waals surface area (Å²) >= 11 is 0. The van der Waals surface area contributed by atoms with E-state index >= 15 is 0 Å². The van der Waals surface area contributed by atoms with Crippen molar-refractivity contribution in [2.24, 2.45) is 0 Å². The van der Waals surface area contributed by atoms with Gasteiger partial charge in [0.25, 0.3) is 0 Å². The van der Waals surface area contributed by atoms with Gasteiger partial charge < -0.3 is 168 Å². The lowest BCUT2D eigenvalue weighted by Gasteiger charge is -2.50. The molecule has 436 valence electrons. The summed E-state index contributed by atoms with van der Waals surface area (Å²) in [6.07, 6.45) is -66.6. The van der Waals surface area contributed by atoms with Gasteiger partial charge >= 0.3 is 0 Å². The molecule has 0 amide bonds. The maximum atomic E-state index is 11.3. The van der Waals surface area contributed by atoms with Crippen LogP contribution in [0.1, 0.15) is 0 Å². The summed E-state index contributed by atoms with van der Waals surface area (Å²) in [6.45, 7) is -6.80. The monoisotopic (exact) mass is 1100 g/mol. The van der Waals surface area contributed by atoms with Crippen molar-refractivity contribution in [3.8, 4) is 0 Å². The molecular weight excluding hydrogens is 1040 g/mol. The lowest BCUT2D eigenvalue weighted by molar-refractivity contribution is -0.396. The van der Waals surface area contributed by atoms with Crippen molar-refractivity contribution in [2.45, 2.75) is 209 Å². The lowest BCUT2D eigenvalue weighted by atomic mass is 9.95. The van der Waals surface area contributed by atoms with Crippen LogP contribution in [0.25, 0.3) is 0 Å². The van der Waals surface area contributed by atoms with Gasteiger partial charge in [0.1, 0.15) is 165 Å². The van der Waals surface area contributed by atoms with E-state index in [1.54, 1.807) is 0 Å². The highest BCUT2D eigenvalue weighted by Crippen LogP contribution is 2.38. The minimum Gasteiger partial charge on any atom is -0.394 e. The van der Waals surface area contributed by atoms with Crippen molar-refractivity contribution in [2.75, 3.05) is 46.2 Å². The molecule has 21 fully saturated rings. The Morgan fingerprint density at radius 1 is 0.213 bits per heavy atom. The molecule has 0 aromatic carbocycles. The number of aliphatic hydroxyl groups excluding tert-OH is 20. The van der Waals surface area contributed by atoms with Crippen molar-refractivity contribution < 1.29 is 168 Å². The Bertz CT molecular complexity index is 1760. The van der Waals surface area contributed by atoms with Gasteiger partial charge in [-0.1, -0.05) is 0 Å². The fourth-order valence-corrected chi connectivity index (χ4v) is 10.1. The van der Waals surface area contributed by atoms with Crippen LogP contribution >= 0.6 is 0 Å². The van der Waals surface area contributed by atoms with E-state index in [9.17, 15) is 102 Å². The molecular formula is C41H68O34. The van der Waals surface area contributed by atoms with Crippen LogP contribution in [0.2, 0.25) is 0 Å². The third-order valence-corrected chi connectivity index (χ3v) is 14.4. The van der Waals surface area contributed by atoms with E-state index in [4.69, 9.17) is 66.3 Å². The summed E-state index contributed by atoms with van der Waals surface area (Å²) in [7, 11) is 0. The molecule has 21 heterocycles. The molecule has 0 spiro atoms. The first-order valence-corrected chi connectivity index (χ1v) is 24.0. The van der Waals surface area contributed by atoms with Gasteiger partial charge in [0, 0.05) is 0 Å². The molecule has 21 rings (SSSR count). The molecule has 34 heteroatoms. The van der Waals surface area contributed by atoms with Gasteiger partial charge in [-0.3, -0.25) is 0 Å². The van der Waals surface area contributed by atoms with Crippen molar-refractivity contribution in [1.82, 2.24) is 0 Å². The third kappa shape index (κ3) is 11.7. The molecule has 0 radical (unpaired) electrons. The first-order valence-electron chi connectivity index (χ1n) is 24.0. The van der Waals surface area contributed by atoms with Crippen LogP contribution in [0.15, 0.2) is 0 Å². The van der Waals surface area contributed by atoms with Crippen LogP contribution < -0.4 is 0 Å². The van der Waals surface area contributed by atoms with E-state index in [2.05, 4.69) is 0 Å². The normalized spacial score (nSPS) is 55.5. The average Bonchev–Trinajstić information content (AvgIpc) is 3.40. The summed E-state index contributed by atoms with van der Waals surface area (Å²) in [4.78, 5) is 0. The molecule has 0 aromatic rings. The Labute approximate surface area is 423 Å². The standard InChI is InChI=1S/C41H68O34/c42-1-8-29-17(50)24(57)37(64-8)72-31-10(3-44)66-39(26(59)19(31)52)74-33-12(5-46)68-41(28(61)21(33)54)75-34-13(6-47)67-40(27(60)20(34)53)73-32-11(4-45)65-38(25(58)18(32)51)71-30-9(2-43)63-36(23(56)16(30)49)69-14-7-62-35(70-29)22(55)15(14)48/h8-61H,1-7H2/t8?,9?,10?,11?,12?,13?,14-,15+,16-,17?,18-,19?,20?,21?,22?,23?,24+,25?,26+,27+,28+,29-,30-,31-,32-,33-,34-,35+,36-,37+,38-,39+,40-,41-/m1/s1. The predicted molar refractivity (Wildman–Crippen MR) is 222 cm³/mol. The average molecular weight is 1100 g/mol. The van der Waals surface area contributed by atoms with Crippen LogP contribution in [0.3, 0.4) is 0 Å². The second-order valence-electron chi connectivity index (χ2n) is 19.2. The fourth-order valence-electron chi connectivity index (χ4n) is 10.1. The maximum absolute atomic E-state index is 11.3. The lowest BCUT2D eigenvalue weighted by Crippen LogP contribution is -2.68. The summed E-state index contributed by atoms with van der Waals surface area (Å²) in [5, 5.41) is 219. The molecule has 34 nitrogen and oxygen atoms in total. The van der Waals surface area contributed by atoms with E-state index in [-0.39, 0.29) is 0 Å². The van der Waals surface area contributed by atoms with Crippen LogP contribution in [-0.4, -0.2) is 357 Å². The summed E-state index contributed by atoms with van der Waals surface area (Å²) in [5.74, 6) is 0. The van der Waals surface area contributed by atoms with E-state index < -0.39 is 255 Å². The smallest absolute Gasteiger partial charge is 0.187 e. The molecule has 34 atom stereocenters. The van der Waals surface area contributed by atoms with Gasteiger partial charge in [0.15, 0.2) is 44.0 Å². The highest BCUT2D eigenvalue weighted by molar-refractivity contribution is 5.01. The minimum absolute atomic E-state index is 0.691. The van der Waals surface area contributed by atoms with E-state index in [0.717, 1.165) is 0 Å². The highest BCUT2D eigenvalue weighted by atomic mass is 16.8. The zero-order valence-electron chi connectivity index (χ0n) is 39.2. The van der Waals surface area contributed by atoms with Crippen molar-refractivity contribution in [1.29, 1.82) is 0 Å². The topological polar surface area (TPSA) is 534 Å². The Morgan fingerprint density at radius 3 is 0.613 bits per heavy atom. The molecule has 21 aliphatic heterocycles. The molecule has 0 aromatic heterocycles. The van der Waals surface area contributed by atoms with E-state index in [1.165, 1.54) is 0 Å². The molecule has 14 bridgehead atoms. The number of rotatable bonds is 6. The van der Waals surface area contributed by atoms with Gasteiger partial charge in [0.2, 0.25) is 0 Å². The van der Waals surface area contributed by atoms with Crippen LogP contribution in [0.5, 0.6) is 0 Å². The Kier molecular flexibility index (Phi) is 20.1. The fraction of sp³-hybridized carbons (Fsp3) is 1.00. The van der Waals surface area contributed by atoms with Crippen LogP contribution in [0, 0.1) is 0 Å². The number of hydrogen-bond acceptors (Lipinski definition) is 34. The van der Waals surface area contributed by atoms with Crippen molar-refractivity contribution in [3.63, 3.8) is 0 Å². The van der Waals surface area contributed by atoms with Crippen molar-refractivity contribution in [3.05, 3.63) is 0 Å². The molecule has 13 unspecified atom stereocenters. The minimum atomic E-state index is -2.19. The van der Waals surface area contributed by atoms with E-state index in [0.29, 0.717) is 0 Å². The largest absolute Gasteiger partial charge is 0.394 e. The number of aliphatic hydroxyl groups is 20. The number of ether oxygens (including phenoxy) is 14. The van der Waals surface area contributed by atoms with Gasteiger partial charge in [-0.05, 0) is 0 Å². The van der Waals surface area contributed by atoms with Gasteiger partial charge in [-0.25, -0.2) is 0 Å². The molecule has 21 aliphatic rings. The molecule has 21 saturated heterocycles. The van der Waals surface area contributed by atoms with Crippen LogP contribution in [-0.2, 0) is 66.3 Å². The zero-order valence-corrected chi connectivity index (χ0v) is 39.2. The SMILES string of the molecule is OCC1O[C@@H]2O[C@@H]3C(CO)O[C@H](O[C@@H]4C(CO)O[C@H](O[C@@H]5C(CO)O[C@H](O[C@@H]6CO[C@@H](O[C@@H]7C(CO)O[C@@H](O[C@@H]8C(CO)O[C@@H](O[C@H]1C(O)[C@@H]2O)[C@@H](O)C8O)[C@@H](O)C7O)C(O)[C@H]6O)C(O)[C@H]5O)C(O)[C@H]4O)[C@@H](O)C3O. The number of hydrogen-bond donors (Lipinski definition) is 20. The van der Waals surface area contributed by atoms with Gasteiger partial charge in [-0.2, -0.15) is 0 Å². The molecule has 0 aliphatic carbocycles. The van der Waals surface area contributed by atoms with Gasteiger partial charge in [-0.15, -0.1) is 0 Å². The Hall–Kier alpha value is -1.36. The predicted octanol–water partition coefficient (Wildman–Crippen LogP) is -14.6. The molecule has 75 heavy (non-hydrogen) atoms. The first-order chi connectivity index (χ1) is 35.7. The highest BCUT2D eigenvalue weighted by Gasteiger charge is 2.59. The Morgan fingerprint density at radius 2 is 0.400 bits per heavy atom. The second kappa shape index (κ2) is 25.2. The van der Waals surface area contributed by atoms with Crippen LogP contribution in [0.4, 0.5) is 0 Å². The van der Waals surface area contributed by atoms with Gasteiger partial charge in [0.05, 0.1) is 46.2 Å². The van der Waals surface area contributed by atoms with E-state index in [1.807, 2.05) is 0 Å². The Balaban J connectivity index is 1.06. The maximum Gasteiger partial charge on any atom is 0.187 e. The zero-order chi connectivity index (χ0) is 54.5. The molecule has 0 saturated carbocycles. The van der Waals surface area contributed by atoms with Crippen molar-refractivity contribution >= 4 is 0 Å². The quantitative estimate of drug-likeness (QED) is 0.117. The summed E-state index contributed by atoms with van der Waals surface area (Å²) in [6, 6.07) is 0. The third-order valence-electron chi connectivity index (χ3n) is 14.4. The summed E-state index contributed by atoms with van der Waals surface area (Å²) in [5.41, 5.74) is 0. The molecule has 20 N–H and O–H groups in total. The first kappa shape index (κ1) is 59.8. The summed E-state index contributed by atoms with van der Waals surface area (Å²) < 4.78 is 79.3.